The molecule has 0 unspecified atom stereocenters. The number of nitrogens with zero attached hydrogens (tertiary/aromatic N) is 1. The molecule has 0 bridgehead atoms. The van der Waals surface area contributed by atoms with E-state index in [-0.39, 0.29) is 11.0 Å². The Balaban J connectivity index is -0.0000000326. The van der Waals surface area contributed by atoms with Crippen LogP contribution in [0.5, 0.6) is 0 Å². The highest BCUT2D eigenvalue weighted by molar-refractivity contribution is 4.00. The largest absolute Gasteiger partial charge is 0.870 e. The van der Waals surface area contributed by atoms with Crippen molar-refractivity contribution in [2.75, 3.05) is 34.7 Å². The van der Waals surface area contributed by atoms with Gasteiger partial charge in [-0.2, -0.15) is 0 Å². The lowest BCUT2D eigenvalue weighted by Crippen LogP contribution is -2.27. The molecule has 0 radical (unpaired) electrons. The Bertz CT molecular complexity index is 37.5. The van der Waals surface area contributed by atoms with Crippen LogP contribution in [0.4, 0.5) is 0 Å². The second-order valence-corrected chi connectivity index (χ2v) is 3.09. The van der Waals surface area contributed by atoms with Gasteiger partial charge in [-0.15, -0.1) is 0 Å². The third-order valence-corrected chi connectivity index (χ3v) is 0. The third-order valence-electron chi connectivity index (χ3n) is 0. The molecule has 0 fully saturated rings. The summed E-state index contributed by atoms with van der Waals surface area (Å²) in [6.07, 6.45) is 0. The Hall–Kier alpha value is -0.160. The van der Waals surface area contributed by atoms with E-state index in [1.54, 1.807) is 0 Å². The van der Waals surface area contributed by atoms with E-state index in [0.717, 1.165) is 11.0 Å². The van der Waals surface area contributed by atoms with Gasteiger partial charge in [0.05, 0.1) is 28.2 Å². The van der Waals surface area contributed by atoms with Gasteiger partial charge in [-0.3, -0.25) is 0 Å². The van der Waals surface area contributed by atoms with Crippen LogP contribution >= 0.6 is 0 Å². The molecule has 0 heterocycles. The summed E-state index contributed by atoms with van der Waals surface area (Å²) >= 11 is 0. The van der Waals surface area contributed by atoms with Gasteiger partial charge >= 0.3 is 0 Å². The summed E-state index contributed by atoms with van der Waals surface area (Å²) in [5.74, 6) is 0. The fraction of sp³-hybridized carbons (Fsp3) is 1.00. The number of nitrogens with two attached hydrogens (primary N) is 1. The highest BCUT2D eigenvalue weighted by Crippen LogP contribution is 1.73. The first-order chi connectivity index (χ1) is 3.41. The van der Waals surface area contributed by atoms with Crippen molar-refractivity contribution in [2.45, 2.75) is 6.92 Å². The van der Waals surface area contributed by atoms with E-state index < -0.39 is 0 Å². The molecular formula is C6H22N2O2. The number of hydrogen-bond donors (Lipinski definition) is 1. The lowest BCUT2D eigenvalue weighted by atomic mass is 10.8. The second kappa shape index (κ2) is 11.6. The van der Waals surface area contributed by atoms with Crippen molar-refractivity contribution >= 4 is 0 Å². The van der Waals surface area contributed by atoms with E-state index in [9.17, 15) is 0 Å². The maximum atomic E-state index is 4.85. The minimum Gasteiger partial charge on any atom is -0.870 e. The molecule has 5 N–H and O–H groups in total. The molecule has 0 amide bonds. The van der Waals surface area contributed by atoms with Crippen molar-refractivity contribution < 1.29 is 15.4 Å². The van der Waals surface area contributed by atoms with Crippen molar-refractivity contribution in [3.05, 3.63) is 0 Å². The van der Waals surface area contributed by atoms with E-state index >= 15 is 0 Å². The van der Waals surface area contributed by atoms with Gasteiger partial charge in [0, 0.05) is 0 Å². The Labute approximate surface area is 63.8 Å². The summed E-state index contributed by atoms with van der Waals surface area (Å²) in [7, 11) is 8.50. The zero-order valence-corrected chi connectivity index (χ0v) is 7.68. The van der Waals surface area contributed by atoms with Crippen LogP contribution in [-0.2, 0) is 0 Å². The zero-order chi connectivity index (χ0) is 7.21. The molecule has 0 aromatic rings. The minimum absolute atomic E-state index is 0. The van der Waals surface area contributed by atoms with Gasteiger partial charge in [0.25, 0.3) is 0 Å². The summed E-state index contributed by atoms with van der Waals surface area (Å²) in [5, 5.41) is 0. The smallest absolute Gasteiger partial charge is 0.0675 e. The van der Waals surface area contributed by atoms with Crippen LogP contribution in [0.15, 0.2) is 0 Å². The first-order valence-electron chi connectivity index (χ1n) is 2.90. The summed E-state index contributed by atoms with van der Waals surface area (Å²) in [4.78, 5) is 0. The molecule has 68 valence electrons. The zero-order valence-electron chi connectivity index (χ0n) is 7.68. The highest BCUT2D eigenvalue weighted by atomic mass is 16.0. The fourth-order valence-corrected chi connectivity index (χ4v) is 0. The van der Waals surface area contributed by atoms with Crippen LogP contribution < -0.4 is 5.73 Å². The van der Waals surface area contributed by atoms with Crippen LogP contribution in [0.2, 0.25) is 0 Å². The Morgan fingerprint density at radius 2 is 1.10 bits per heavy atom. The summed E-state index contributed by atoms with van der Waals surface area (Å²) in [6, 6.07) is 0. The molecule has 10 heavy (non-hydrogen) atoms. The van der Waals surface area contributed by atoms with Crippen LogP contribution in [-0.4, -0.2) is 50.2 Å². The first-order valence-corrected chi connectivity index (χ1v) is 2.90. The maximum absolute atomic E-state index is 4.85. The van der Waals surface area contributed by atoms with Crippen LogP contribution in [0.3, 0.4) is 0 Å². The molecule has 0 aliphatic heterocycles. The van der Waals surface area contributed by atoms with E-state index in [1.165, 1.54) is 0 Å². The monoisotopic (exact) mass is 154 g/mol. The van der Waals surface area contributed by atoms with Gasteiger partial charge in [-0.05, 0) is 6.54 Å². The van der Waals surface area contributed by atoms with E-state index in [2.05, 4.69) is 28.2 Å². The van der Waals surface area contributed by atoms with E-state index in [4.69, 9.17) is 5.73 Å². The number of rotatable bonds is 0. The molecule has 0 atom stereocenters. The quantitative estimate of drug-likeness (QED) is 0.467. The summed E-state index contributed by atoms with van der Waals surface area (Å²) in [6.45, 7) is 2.65. The molecule has 0 saturated carbocycles. The first kappa shape index (κ1) is 22.5. The Kier molecular flexibility index (Phi) is 26.2. The van der Waals surface area contributed by atoms with E-state index in [1.807, 2.05) is 6.92 Å². The minimum atomic E-state index is 0. The van der Waals surface area contributed by atoms with Crippen molar-refractivity contribution in [3.8, 4) is 0 Å². The standard InChI is InChI=1S/C4H12N.C2H7N.2H2O/c1-5(2,3)4;1-2-3;;/h1-4H3;2-3H2,1H3;2*1H2/q+1;;;/p-1. The average molecular weight is 154 g/mol. The van der Waals surface area contributed by atoms with Gasteiger partial charge < -0.3 is 21.2 Å². The summed E-state index contributed by atoms with van der Waals surface area (Å²) in [5.41, 5.74) is 4.85. The van der Waals surface area contributed by atoms with Gasteiger partial charge in [0.1, 0.15) is 0 Å². The predicted octanol–water partition coefficient (Wildman–Crippen LogP) is -0.714. The lowest BCUT2D eigenvalue weighted by Gasteiger charge is -2.14. The molecular weight excluding hydrogens is 132 g/mol. The van der Waals surface area contributed by atoms with Crippen LogP contribution in [0.25, 0.3) is 0 Å². The maximum Gasteiger partial charge on any atom is 0.0675 e. The topological polar surface area (TPSA) is 87.5 Å². The van der Waals surface area contributed by atoms with Crippen molar-refractivity contribution in [1.82, 2.24) is 0 Å². The molecule has 4 heteroatoms. The number of hydrogen-bond acceptors (Lipinski definition) is 2. The molecule has 0 saturated heterocycles. The molecule has 0 aromatic carbocycles. The Morgan fingerprint density at radius 1 is 1.10 bits per heavy atom. The average Bonchev–Trinajstić information content (AvgIpc) is 1.27. The summed E-state index contributed by atoms with van der Waals surface area (Å²) < 4.78 is 1.00. The highest BCUT2D eigenvalue weighted by Gasteiger charge is 1.88. The second-order valence-electron chi connectivity index (χ2n) is 3.09. The molecule has 4 nitrogen and oxygen atoms in total. The molecule has 0 aliphatic carbocycles. The lowest BCUT2D eigenvalue weighted by molar-refractivity contribution is -0.849. The fourth-order valence-electron chi connectivity index (χ4n) is 0. The third kappa shape index (κ3) is 14300. The van der Waals surface area contributed by atoms with Gasteiger partial charge in [-0.25, -0.2) is 0 Å². The number of quaternary nitrogens is 1. The SMILES string of the molecule is CCN.C[N+](C)(C)C.O.[OH-]. The van der Waals surface area contributed by atoms with Gasteiger partial charge in [0.15, 0.2) is 0 Å². The molecule has 0 spiro atoms. The molecule has 0 aromatic heterocycles. The van der Waals surface area contributed by atoms with Crippen molar-refractivity contribution in [1.29, 1.82) is 0 Å². The van der Waals surface area contributed by atoms with Crippen LogP contribution in [0.1, 0.15) is 6.92 Å². The van der Waals surface area contributed by atoms with Crippen LogP contribution in [0, 0.1) is 0 Å². The predicted molar refractivity (Wildman–Crippen MR) is 44.2 cm³/mol. The van der Waals surface area contributed by atoms with E-state index in [0.29, 0.717) is 0 Å². The van der Waals surface area contributed by atoms with Crippen molar-refractivity contribution in [2.24, 2.45) is 5.73 Å². The normalized spacial score (nSPS) is 7.80. The Morgan fingerprint density at radius 3 is 1.10 bits per heavy atom. The van der Waals surface area contributed by atoms with Gasteiger partial charge in [0.2, 0.25) is 0 Å². The van der Waals surface area contributed by atoms with Crippen molar-refractivity contribution in [3.63, 3.8) is 0 Å². The molecule has 0 rings (SSSR count). The van der Waals surface area contributed by atoms with Gasteiger partial charge in [-0.1, -0.05) is 6.92 Å². The molecule has 0 aliphatic rings.